The van der Waals surface area contributed by atoms with E-state index in [9.17, 15) is 0 Å². The summed E-state index contributed by atoms with van der Waals surface area (Å²) in [6.45, 7) is 24.6. The number of aryl methyl sites for hydroxylation is 3. The summed E-state index contributed by atoms with van der Waals surface area (Å²) in [7, 11) is 0. The van der Waals surface area contributed by atoms with Crippen LogP contribution in [0.2, 0.25) is 0 Å². The molecule has 2 aliphatic rings. The molecule has 0 heterocycles. The van der Waals surface area contributed by atoms with Crippen molar-refractivity contribution in [1.82, 2.24) is 0 Å². The molecule has 282 valence electrons. The number of fused-ring (bicyclic) bond motifs is 3. The molecule has 0 saturated heterocycles. The van der Waals surface area contributed by atoms with Gasteiger partial charge < -0.3 is 0 Å². The fourth-order valence-electron chi connectivity index (χ4n) is 7.89. The van der Waals surface area contributed by atoms with Gasteiger partial charge in [0.2, 0.25) is 0 Å². The van der Waals surface area contributed by atoms with Crippen LogP contribution in [0.25, 0.3) is 44.5 Å². The van der Waals surface area contributed by atoms with Crippen LogP contribution in [-0.4, -0.2) is 0 Å². The minimum atomic E-state index is 0.151. The molecular formula is C55H62. The quantitative estimate of drug-likeness (QED) is 0.144. The Morgan fingerprint density at radius 2 is 1.13 bits per heavy atom. The summed E-state index contributed by atoms with van der Waals surface area (Å²) in [5.74, 6) is 0.674. The van der Waals surface area contributed by atoms with E-state index in [1.807, 2.05) is 19.9 Å². The van der Waals surface area contributed by atoms with E-state index in [-0.39, 0.29) is 5.41 Å². The Bertz CT molecular complexity index is 2190. The van der Waals surface area contributed by atoms with Crippen molar-refractivity contribution >= 4 is 0 Å². The third kappa shape index (κ3) is 9.37. The maximum absolute atomic E-state index is 3.74. The van der Waals surface area contributed by atoms with Crippen LogP contribution in [0.3, 0.4) is 0 Å². The fourth-order valence-corrected chi connectivity index (χ4v) is 7.89. The van der Waals surface area contributed by atoms with Crippen molar-refractivity contribution in [1.29, 1.82) is 0 Å². The Morgan fingerprint density at radius 1 is 0.600 bits per heavy atom. The molecule has 6 aromatic carbocycles. The molecule has 0 radical (unpaired) electrons. The van der Waals surface area contributed by atoms with Crippen LogP contribution in [0.4, 0.5) is 0 Å². The Kier molecular flexibility index (Phi) is 14.1. The summed E-state index contributed by atoms with van der Waals surface area (Å²) in [5.41, 5.74) is 20.6. The minimum absolute atomic E-state index is 0.151. The molecule has 0 aromatic heterocycles. The lowest BCUT2D eigenvalue weighted by Gasteiger charge is -2.31. The van der Waals surface area contributed by atoms with Gasteiger partial charge in [0, 0.05) is 5.41 Å². The van der Waals surface area contributed by atoms with Crippen LogP contribution < -0.4 is 0 Å². The Morgan fingerprint density at radius 3 is 1.71 bits per heavy atom. The highest BCUT2D eigenvalue weighted by Crippen LogP contribution is 2.49. The minimum Gasteiger partial charge on any atom is -0.0988 e. The highest BCUT2D eigenvalue weighted by atomic mass is 14.4. The second kappa shape index (κ2) is 18.9. The number of allylic oxidation sites excluding steroid dienone is 2. The first-order chi connectivity index (χ1) is 26.6. The van der Waals surface area contributed by atoms with Crippen molar-refractivity contribution in [3.8, 4) is 44.5 Å². The van der Waals surface area contributed by atoms with Crippen LogP contribution in [0.1, 0.15) is 106 Å². The summed E-state index contributed by atoms with van der Waals surface area (Å²) in [6, 6.07) is 49.1. The average molecular weight is 723 g/mol. The van der Waals surface area contributed by atoms with E-state index < -0.39 is 0 Å². The molecule has 2 aliphatic carbocycles. The topological polar surface area (TPSA) is 0 Å². The van der Waals surface area contributed by atoms with Crippen molar-refractivity contribution in [2.75, 3.05) is 0 Å². The first-order valence-corrected chi connectivity index (χ1v) is 20.5. The van der Waals surface area contributed by atoms with E-state index in [4.69, 9.17) is 0 Å². The van der Waals surface area contributed by atoms with Gasteiger partial charge in [0.15, 0.2) is 0 Å². The van der Waals surface area contributed by atoms with E-state index in [0.29, 0.717) is 5.92 Å². The smallest absolute Gasteiger partial charge is 0.0158 e. The molecule has 6 aromatic rings. The summed E-state index contributed by atoms with van der Waals surface area (Å²) in [4.78, 5) is 0. The number of hydrogen-bond acceptors (Lipinski definition) is 0. The zero-order chi connectivity index (χ0) is 39.5. The molecule has 0 atom stereocenters. The maximum Gasteiger partial charge on any atom is 0.0158 e. The molecule has 0 bridgehead atoms. The molecule has 1 saturated carbocycles. The lowest BCUT2D eigenvalue weighted by molar-refractivity contribution is 0.421. The average Bonchev–Trinajstić information content (AvgIpc) is 3.41. The predicted molar refractivity (Wildman–Crippen MR) is 243 cm³/mol. The normalized spacial score (nSPS) is 13.2. The summed E-state index contributed by atoms with van der Waals surface area (Å²) in [5, 5.41) is 0. The SMILES string of the molecule is C=CC(=C)CCC.CC.Cc1ccc(-c2ccc(-c3cccc(-c4ccccc4C)c3C3CCC3)cc2)cc1.Cc1ccc2c(c1)C(C)(C)c1ccccc1-2. The van der Waals surface area contributed by atoms with Gasteiger partial charge in [-0.2, -0.15) is 0 Å². The summed E-state index contributed by atoms with van der Waals surface area (Å²) in [6.07, 6.45) is 8.02. The van der Waals surface area contributed by atoms with E-state index in [1.54, 1.807) is 5.56 Å². The second-order valence-electron chi connectivity index (χ2n) is 15.5. The summed E-state index contributed by atoms with van der Waals surface area (Å²) >= 11 is 0. The molecule has 0 N–H and O–H groups in total. The molecule has 0 aliphatic heterocycles. The van der Waals surface area contributed by atoms with Gasteiger partial charge in [-0.05, 0) is 113 Å². The third-order valence-corrected chi connectivity index (χ3v) is 11.2. The molecule has 0 nitrogen and oxygen atoms in total. The monoisotopic (exact) mass is 722 g/mol. The van der Waals surface area contributed by atoms with Gasteiger partial charge >= 0.3 is 0 Å². The van der Waals surface area contributed by atoms with Crippen LogP contribution >= 0.6 is 0 Å². The standard InChI is InChI=1S/C30H28.C16H16.C7H12.C2H6/c1-21-13-15-23(16-14-21)24-17-19-25(20-18-24)28-11-6-12-29(30(28)26-8-5-9-26)27-10-4-3-7-22(27)2;1-11-8-9-13-12-6-4-5-7-14(12)16(2,3)15(13)10-11;1-4-6-7(3)5-2;1-2/h3-4,6-7,10-20,26H,5,8-9H2,1-2H3;4-10H,1-3H3;5H,2-4,6H2,1H3;1-2H3. The van der Waals surface area contributed by atoms with Gasteiger partial charge in [-0.15, -0.1) is 0 Å². The zero-order valence-electron chi connectivity index (χ0n) is 34.8. The van der Waals surface area contributed by atoms with Gasteiger partial charge in [0.05, 0.1) is 0 Å². The van der Waals surface area contributed by atoms with Crippen LogP contribution in [-0.2, 0) is 5.41 Å². The molecule has 1 fully saturated rings. The van der Waals surface area contributed by atoms with Crippen molar-refractivity contribution in [3.05, 3.63) is 192 Å². The fraction of sp³-hybridized carbons (Fsp3) is 0.273. The summed E-state index contributed by atoms with van der Waals surface area (Å²) < 4.78 is 0. The highest BCUT2D eigenvalue weighted by molar-refractivity contribution is 5.82. The lowest BCUT2D eigenvalue weighted by Crippen LogP contribution is -2.14. The van der Waals surface area contributed by atoms with Gasteiger partial charge in [-0.3, -0.25) is 0 Å². The Labute approximate surface area is 333 Å². The molecule has 0 unspecified atom stereocenters. The first-order valence-electron chi connectivity index (χ1n) is 20.5. The number of rotatable bonds is 7. The van der Waals surface area contributed by atoms with E-state index in [2.05, 4.69) is 188 Å². The van der Waals surface area contributed by atoms with Crippen LogP contribution in [0.5, 0.6) is 0 Å². The molecular weight excluding hydrogens is 661 g/mol. The van der Waals surface area contributed by atoms with Gasteiger partial charge in [-0.25, -0.2) is 0 Å². The van der Waals surface area contributed by atoms with Crippen molar-refractivity contribution in [3.63, 3.8) is 0 Å². The highest BCUT2D eigenvalue weighted by Gasteiger charge is 2.34. The third-order valence-electron chi connectivity index (χ3n) is 11.2. The van der Waals surface area contributed by atoms with E-state index in [1.165, 1.54) is 98.0 Å². The zero-order valence-corrected chi connectivity index (χ0v) is 34.8. The number of benzene rings is 6. The lowest BCUT2D eigenvalue weighted by atomic mass is 9.74. The van der Waals surface area contributed by atoms with E-state index >= 15 is 0 Å². The maximum atomic E-state index is 3.74. The van der Waals surface area contributed by atoms with Crippen molar-refractivity contribution in [2.45, 2.75) is 98.8 Å². The largest absolute Gasteiger partial charge is 0.0988 e. The molecule has 0 heteroatoms. The van der Waals surface area contributed by atoms with Gasteiger partial charge in [0.1, 0.15) is 0 Å². The van der Waals surface area contributed by atoms with Crippen LogP contribution in [0, 0.1) is 20.8 Å². The van der Waals surface area contributed by atoms with Crippen molar-refractivity contribution < 1.29 is 0 Å². The second-order valence-corrected chi connectivity index (χ2v) is 15.5. The number of hydrogen-bond donors (Lipinski definition) is 0. The Balaban J connectivity index is 0.000000193. The first kappa shape index (κ1) is 41.0. The molecule has 55 heavy (non-hydrogen) atoms. The predicted octanol–water partition coefficient (Wildman–Crippen LogP) is 16.4. The van der Waals surface area contributed by atoms with Crippen molar-refractivity contribution in [2.24, 2.45) is 0 Å². The van der Waals surface area contributed by atoms with Gasteiger partial charge in [0.25, 0.3) is 0 Å². The molecule has 0 amide bonds. The molecule has 8 rings (SSSR count). The van der Waals surface area contributed by atoms with Crippen LogP contribution in [0.15, 0.2) is 158 Å². The van der Waals surface area contributed by atoms with Gasteiger partial charge in [-0.1, -0.05) is 217 Å². The Hall–Kier alpha value is -5.20. The van der Waals surface area contributed by atoms with E-state index in [0.717, 1.165) is 12.0 Å². The molecule has 0 spiro atoms.